The molecule has 1 spiro atoms. The molecule has 1 unspecified atom stereocenters. The Hall–Kier alpha value is -2.72. The molecule has 4 heterocycles. The molecule has 10 heteroatoms. The van der Waals surface area contributed by atoms with Crippen molar-refractivity contribution in [1.29, 1.82) is 0 Å². The first-order valence-electron chi connectivity index (χ1n) is 8.26. The van der Waals surface area contributed by atoms with Crippen molar-refractivity contribution in [3.05, 3.63) is 34.8 Å². The van der Waals surface area contributed by atoms with E-state index in [0.717, 1.165) is 0 Å². The number of nitrogens with zero attached hydrogens (tertiary/aromatic N) is 5. The van der Waals surface area contributed by atoms with Gasteiger partial charge in [0.05, 0.1) is 45.4 Å². The fourth-order valence-electron chi connectivity index (χ4n) is 3.37. The summed E-state index contributed by atoms with van der Waals surface area (Å²) >= 11 is 0. The van der Waals surface area contributed by atoms with Crippen LogP contribution in [-0.4, -0.2) is 64.8 Å². The van der Waals surface area contributed by atoms with Crippen LogP contribution in [0.2, 0.25) is 0 Å². The van der Waals surface area contributed by atoms with Gasteiger partial charge in [-0.2, -0.15) is 5.10 Å². The van der Waals surface area contributed by atoms with Gasteiger partial charge in [-0.3, -0.25) is 0 Å². The maximum Gasteiger partial charge on any atom is 0.387 e. The van der Waals surface area contributed by atoms with E-state index in [4.69, 9.17) is 14.2 Å². The minimum absolute atomic E-state index is 0.0760. The molecule has 0 radical (unpaired) electrons. The second kappa shape index (κ2) is 6.22. The Labute approximate surface area is 149 Å². The molecule has 2 saturated heterocycles. The highest BCUT2D eigenvalue weighted by molar-refractivity contribution is 5.64. The van der Waals surface area contributed by atoms with Crippen LogP contribution >= 0.6 is 0 Å². The van der Waals surface area contributed by atoms with Gasteiger partial charge in [-0.1, -0.05) is 0 Å². The molecular weight excluding hydrogens is 342 g/mol. The van der Waals surface area contributed by atoms with Gasteiger partial charge < -0.3 is 29.2 Å². The molecule has 138 valence electrons. The molecule has 0 aliphatic carbocycles. The Morgan fingerprint density at radius 3 is 2.85 bits per heavy atom. The molecule has 0 bridgehead atoms. The zero-order valence-electron chi connectivity index (χ0n) is 14.5. The lowest BCUT2D eigenvalue weighted by Gasteiger charge is -2.53. The van der Waals surface area contributed by atoms with Crippen LogP contribution in [0.1, 0.15) is 6.92 Å². The van der Waals surface area contributed by atoms with E-state index in [2.05, 4.69) is 10.1 Å². The standard InChI is InChI=1S/C16H19N5O5/c1-11-16(9-25-10-16)26-4-3-19(11)14-5-12(6-17-15(14)21(22)23)20-8-13(24-2)7-18-20/h5-8,11H,3-4,9-10H2,1-2H3. The monoisotopic (exact) mass is 361 g/mol. The Morgan fingerprint density at radius 1 is 1.42 bits per heavy atom. The summed E-state index contributed by atoms with van der Waals surface area (Å²) in [5.41, 5.74) is 0.646. The van der Waals surface area contributed by atoms with Crippen LogP contribution in [0.25, 0.3) is 5.69 Å². The Bertz CT molecular complexity index is 834. The zero-order chi connectivity index (χ0) is 18.3. The third-order valence-corrected chi connectivity index (χ3v) is 5.02. The number of anilines is 1. The smallest absolute Gasteiger partial charge is 0.387 e. The number of morpholine rings is 1. The molecule has 10 nitrogen and oxygen atoms in total. The summed E-state index contributed by atoms with van der Waals surface area (Å²) in [5.74, 6) is 0.409. The topological polar surface area (TPSA) is 105 Å². The number of hydrogen-bond acceptors (Lipinski definition) is 8. The zero-order valence-corrected chi connectivity index (χ0v) is 14.5. The molecule has 1 atom stereocenters. The average molecular weight is 361 g/mol. The van der Waals surface area contributed by atoms with E-state index >= 15 is 0 Å². The maximum absolute atomic E-state index is 11.5. The summed E-state index contributed by atoms with van der Waals surface area (Å²) in [7, 11) is 1.55. The quantitative estimate of drug-likeness (QED) is 0.590. The number of hydrogen-bond donors (Lipinski definition) is 0. The summed E-state index contributed by atoms with van der Waals surface area (Å²) < 4.78 is 17.9. The van der Waals surface area contributed by atoms with Crippen molar-refractivity contribution < 1.29 is 19.1 Å². The van der Waals surface area contributed by atoms with Crippen LogP contribution in [0.3, 0.4) is 0 Å². The molecule has 2 aromatic rings. The fourth-order valence-corrected chi connectivity index (χ4v) is 3.37. The first-order valence-corrected chi connectivity index (χ1v) is 8.26. The van der Waals surface area contributed by atoms with Gasteiger partial charge in [-0.25, -0.2) is 4.68 Å². The predicted octanol–water partition coefficient (Wildman–Crippen LogP) is 1.18. The summed E-state index contributed by atoms with van der Waals surface area (Å²) in [5, 5.41) is 15.7. The maximum atomic E-state index is 11.5. The Kier molecular flexibility index (Phi) is 4.00. The number of nitro groups is 1. The van der Waals surface area contributed by atoms with Crippen LogP contribution in [0, 0.1) is 10.1 Å². The first kappa shape index (κ1) is 16.7. The van der Waals surface area contributed by atoms with Gasteiger partial charge in [0.2, 0.25) is 0 Å². The van der Waals surface area contributed by atoms with E-state index in [-0.39, 0.29) is 11.9 Å². The molecule has 0 amide bonds. The van der Waals surface area contributed by atoms with Crippen LogP contribution in [-0.2, 0) is 9.47 Å². The normalized spacial score (nSPS) is 21.5. The number of ether oxygens (including phenoxy) is 3. The van der Waals surface area contributed by atoms with Gasteiger partial charge in [-0.05, 0) is 22.9 Å². The second-order valence-electron chi connectivity index (χ2n) is 6.39. The lowest BCUT2D eigenvalue weighted by atomic mass is 9.90. The van der Waals surface area contributed by atoms with Crippen molar-refractivity contribution in [1.82, 2.24) is 14.8 Å². The fraction of sp³-hybridized carbons (Fsp3) is 0.500. The molecule has 0 N–H and O–H groups in total. The predicted molar refractivity (Wildman–Crippen MR) is 90.9 cm³/mol. The van der Waals surface area contributed by atoms with Crippen LogP contribution in [0.4, 0.5) is 11.5 Å². The molecule has 4 rings (SSSR count). The molecular formula is C16H19N5O5. The van der Waals surface area contributed by atoms with Crippen LogP contribution in [0.5, 0.6) is 5.75 Å². The van der Waals surface area contributed by atoms with Gasteiger partial charge >= 0.3 is 5.82 Å². The van der Waals surface area contributed by atoms with Crippen molar-refractivity contribution >= 4 is 11.5 Å². The van der Waals surface area contributed by atoms with E-state index in [9.17, 15) is 10.1 Å². The lowest BCUT2D eigenvalue weighted by Crippen LogP contribution is -2.68. The van der Waals surface area contributed by atoms with Gasteiger partial charge in [0.1, 0.15) is 17.0 Å². The van der Waals surface area contributed by atoms with E-state index in [1.165, 1.54) is 6.20 Å². The average Bonchev–Trinajstić information content (AvgIpc) is 3.09. The van der Waals surface area contributed by atoms with Crippen molar-refractivity contribution in [2.45, 2.75) is 18.6 Å². The van der Waals surface area contributed by atoms with E-state index < -0.39 is 10.5 Å². The second-order valence-corrected chi connectivity index (χ2v) is 6.39. The third kappa shape index (κ3) is 2.58. The highest BCUT2D eigenvalue weighted by Gasteiger charge is 2.50. The van der Waals surface area contributed by atoms with Crippen molar-refractivity contribution in [3.8, 4) is 11.4 Å². The van der Waals surface area contributed by atoms with Crippen molar-refractivity contribution in [2.75, 3.05) is 38.4 Å². The number of pyridine rings is 1. The van der Waals surface area contributed by atoms with E-state index in [1.54, 1.807) is 30.3 Å². The minimum atomic E-state index is -0.463. The summed E-state index contributed by atoms with van der Waals surface area (Å²) in [6.45, 7) is 3.99. The molecule has 0 aromatic carbocycles. The van der Waals surface area contributed by atoms with Crippen LogP contribution < -0.4 is 9.64 Å². The van der Waals surface area contributed by atoms with E-state index in [0.29, 0.717) is 43.5 Å². The molecule has 2 aliphatic heterocycles. The molecule has 0 saturated carbocycles. The van der Waals surface area contributed by atoms with Crippen LogP contribution in [0.15, 0.2) is 24.7 Å². The Morgan fingerprint density at radius 2 is 2.23 bits per heavy atom. The van der Waals surface area contributed by atoms with Gasteiger partial charge in [0.25, 0.3) is 0 Å². The SMILES string of the molecule is COc1cnn(-c2cnc([N+](=O)[O-])c(N3CCOC4(COC4)C3C)c2)c1. The summed E-state index contributed by atoms with van der Waals surface area (Å²) in [6, 6.07) is 1.65. The molecule has 2 fully saturated rings. The third-order valence-electron chi connectivity index (χ3n) is 5.02. The lowest BCUT2D eigenvalue weighted by molar-refractivity contribution is -0.388. The highest BCUT2D eigenvalue weighted by Crippen LogP contribution is 2.38. The number of rotatable bonds is 4. The Balaban J connectivity index is 1.75. The summed E-state index contributed by atoms with van der Waals surface area (Å²) in [4.78, 5) is 17.1. The van der Waals surface area contributed by atoms with E-state index in [1.807, 2.05) is 11.8 Å². The summed E-state index contributed by atoms with van der Waals surface area (Å²) in [6.07, 6.45) is 4.69. The van der Waals surface area contributed by atoms with Gasteiger partial charge in [-0.15, -0.1) is 0 Å². The molecule has 2 aromatic heterocycles. The van der Waals surface area contributed by atoms with Crippen molar-refractivity contribution in [3.63, 3.8) is 0 Å². The number of methoxy groups -OCH3 is 1. The number of aromatic nitrogens is 3. The molecule has 2 aliphatic rings. The van der Waals surface area contributed by atoms with Gasteiger partial charge in [0.15, 0.2) is 11.9 Å². The highest BCUT2D eigenvalue weighted by atomic mass is 16.6. The minimum Gasteiger partial charge on any atom is -0.493 e. The molecule has 26 heavy (non-hydrogen) atoms. The largest absolute Gasteiger partial charge is 0.493 e. The van der Waals surface area contributed by atoms with Gasteiger partial charge in [0, 0.05) is 6.54 Å². The first-order chi connectivity index (χ1) is 12.5. The van der Waals surface area contributed by atoms with Crippen molar-refractivity contribution in [2.24, 2.45) is 0 Å².